The van der Waals surface area contributed by atoms with Gasteiger partial charge in [0.2, 0.25) is 5.91 Å². The van der Waals surface area contributed by atoms with E-state index in [1.165, 1.54) is 12.1 Å². The second-order valence-electron chi connectivity index (χ2n) is 3.70. The largest absolute Gasteiger partial charge is 0.343 e. The predicted molar refractivity (Wildman–Crippen MR) is 63.8 cm³/mol. The molecule has 1 saturated heterocycles. The molecule has 0 saturated carbocycles. The molecule has 6 nitrogen and oxygen atoms in total. The molecule has 1 fully saturated rings. The Labute approximate surface area is 108 Å². The lowest BCUT2D eigenvalue weighted by atomic mass is 10.2. The third-order valence-corrected chi connectivity index (χ3v) is 2.65. The first-order valence-electron chi connectivity index (χ1n) is 5.24. The van der Waals surface area contributed by atoms with Crippen LogP contribution in [0.25, 0.3) is 0 Å². The molecule has 1 aliphatic heterocycles. The van der Waals surface area contributed by atoms with Crippen LogP contribution in [0.15, 0.2) is 24.3 Å². The van der Waals surface area contributed by atoms with Crippen molar-refractivity contribution in [1.29, 1.82) is 0 Å². The van der Waals surface area contributed by atoms with E-state index < -0.39 is 11.9 Å². The van der Waals surface area contributed by atoms with Crippen molar-refractivity contribution >= 4 is 29.4 Å². The third kappa shape index (κ3) is 2.78. The van der Waals surface area contributed by atoms with E-state index in [1.807, 2.05) is 0 Å². The van der Waals surface area contributed by atoms with E-state index in [4.69, 9.17) is 11.6 Å². The van der Waals surface area contributed by atoms with Crippen molar-refractivity contribution in [1.82, 2.24) is 15.8 Å². The summed E-state index contributed by atoms with van der Waals surface area (Å²) in [5.41, 5.74) is 2.65. The molecule has 7 heteroatoms. The van der Waals surface area contributed by atoms with Gasteiger partial charge in [0.25, 0.3) is 5.91 Å². The third-order valence-electron chi connectivity index (χ3n) is 2.39. The van der Waals surface area contributed by atoms with Crippen molar-refractivity contribution in [2.45, 2.75) is 6.42 Å². The molecule has 0 aromatic heterocycles. The molecule has 0 aliphatic carbocycles. The molecule has 1 heterocycles. The monoisotopic (exact) mass is 267 g/mol. The van der Waals surface area contributed by atoms with E-state index in [9.17, 15) is 14.4 Å². The fraction of sp³-hybridized carbons (Fsp3) is 0.182. The van der Waals surface area contributed by atoms with E-state index >= 15 is 0 Å². The number of amides is 4. The van der Waals surface area contributed by atoms with Crippen molar-refractivity contribution in [3.63, 3.8) is 0 Å². The number of halogens is 1. The molecular formula is C11H10ClN3O3. The fourth-order valence-corrected chi connectivity index (χ4v) is 1.59. The first kappa shape index (κ1) is 12.4. The van der Waals surface area contributed by atoms with Crippen LogP contribution in [0.1, 0.15) is 16.8 Å². The summed E-state index contributed by atoms with van der Waals surface area (Å²) in [5.74, 6) is -0.790. The number of nitrogens with zero attached hydrogens (tertiary/aromatic N) is 1. The Balaban J connectivity index is 1.97. The number of rotatable bonds is 1. The lowest BCUT2D eigenvalue weighted by molar-refractivity contribution is -0.120. The summed E-state index contributed by atoms with van der Waals surface area (Å²) in [6.07, 6.45) is 0.239. The van der Waals surface area contributed by atoms with Crippen molar-refractivity contribution < 1.29 is 14.4 Å². The van der Waals surface area contributed by atoms with Crippen LogP contribution in [0.4, 0.5) is 4.79 Å². The van der Waals surface area contributed by atoms with Gasteiger partial charge in [0.15, 0.2) is 0 Å². The van der Waals surface area contributed by atoms with Crippen LogP contribution in [-0.2, 0) is 4.79 Å². The van der Waals surface area contributed by atoms with Crippen molar-refractivity contribution in [3.8, 4) is 0 Å². The average Bonchev–Trinajstić information content (AvgIpc) is 2.76. The first-order valence-corrected chi connectivity index (χ1v) is 5.62. The van der Waals surface area contributed by atoms with Gasteiger partial charge in [-0.25, -0.2) is 9.80 Å². The second-order valence-corrected chi connectivity index (χ2v) is 4.14. The van der Waals surface area contributed by atoms with Crippen LogP contribution >= 0.6 is 11.6 Å². The highest BCUT2D eigenvalue weighted by Crippen LogP contribution is 2.09. The molecule has 0 atom stereocenters. The van der Waals surface area contributed by atoms with Gasteiger partial charge in [-0.3, -0.25) is 20.3 Å². The van der Waals surface area contributed by atoms with Crippen LogP contribution in [0.2, 0.25) is 5.02 Å². The Morgan fingerprint density at radius 1 is 1.28 bits per heavy atom. The molecule has 94 valence electrons. The highest BCUT2D eigenvalue weighted by Gasteiger charge is 2.24. The molecular weight excluding hydrogens is 258 g/mol. The molecule has 0 bridgehead atoms. The van der Waals surface area contributed by atoms with E-state index in [2.05, 4.69) is 10.7 Å². The predicted octanol–water partition coefficient (Wildman–Crippen LogP) is 0.927. The number of benzene rings is 1. The fourth-order valence-electron chi connectivity index (χ4n) is 1.47. The number of hydrazine groups is 1. The summed E-state index contributed by atoms with van der Waals surface area (Å²) in [6, 6.07) is 5.47. The zero-order valence-electron chi connectivity index (χ0n) is 9.27. The lowest BCUT2D eigenvalue weighted by Crippen LogP contribution is -2.47. The normalized spacial score (nSPS) is 14.3. The van der Waals surface area contributed by atoms with Crippen LogP contribution in [0.3, 0.4) is 0 Å². The Morgan fingerprint density at radius 3 is 2.50 bits per heavy atom. The summed E-state index contributed by atoms with van der Waals surface area (Å²) < 4.78 is 0. The highest BCUT2D eigenvalue weighted by molar-refractivity contribution is 6.30. The smallest absolute Gasteiger partial charge is 0.273 e. The van der Waals surface area contributed by atoms with Crippen LogP contribution in [-0.4, -0.2) is 29.4 Å². The molecule has 18 heavy (non-hydrogen) atoms. The standard InChI is InChI=1S/C11H10ClN3O3/c12-8-3-1-7(2-4-8)10(17)13-11(18)15-6-5-9(16)14-15/h1-4H,5-6H2,(H,14,16)(H,13,17,18). The van der Waals surface area contributed by atoms with Crippen LogP contribution in [0.5, 0.6) is 0 Å². The van der Waals surface area contributed by atoms with Crippen LogP contribution < -0.4 is 10.7 Å². The molecule has 1 aromatic rings. The highest BCUT2D eigenvalue weighted by atomic mass is 35.5. The molecule has 1 aliphatic rings. The Hall–Kier alpha value is -2.08. The summed E-state index contributed by atoms with van der Waals surface area (Å²) in [7, 11) is 0. The minimum Gasteiger partial charge on any atom is -0.273 e. The number of hydrogen-bond acceptors (Lipinski definition) is 3. The molecule has 4 amide bonds. The van der Waals surface area contributed by atoms with E-state index in [0.717, 1.165) is 5.01 Å². The van der Waals surface area contributed by atoms with Gasteiger partial charge in [0, 0.05) is 17.0 Å². The van der Waals surface area contributed by atoms with Crippen molar-refractivity contribution in [3.05, 3.63) is 34.9 Å². The maximum absolute atomic E-state index is 11.7. The van der Waals surface area contributed by atoms with Crippen molar-refractivity contribution in [2.24, 2.45) is 0 Å². The van der Waals surface area contributed by atoms with Gasteiger partial charge in [0.1, 0.15) is 0 Å². The zero-order chi connectivity index (χ0) is 13.1. The summed E-state index contributed by atoms with van der Waals surface area (Å²) >= 11 is 5.69. The van der Waals surface area contributed by atoms with Gasteiger partial charge >= 0.3 is 6.03 Å². The average molecular weight is 268 g/mol. The topological polar surface area (TPSA) is 78.5 Å². The second kappa shape index (κ2) is 5.05. The van der Waals surface area contributed by atoms with Gasteiger partial charge in [-0.05, 0) is 24.3 Å². The van der Waals surface area contributed by atoms with Gasteiger partial charge in [0.05, 0.1) is 6.54 Å². The SMILES string of the molecule is O=C1CCN(C(=O)NC(=O)c2ccc(Cl)cc2)N1. The molecule has 0 spiro atoms. The van der Waals surface area contributed by atoms with E-state index in [-0.39, 0.29) is 18.9 Å². The lowest BCUT2D eigenvalue weighted by Gasteiger charge is -2.14. The van der Waals surface area contributed by atoms with Gasteiger partial charge in [-0.1, -0.05) is 11.6 Å². The van der Waals surface area contributed by atoms with Crippen LogP contribution in [0, 0.1) is 0 Å². The van der Waals surface area contributed by atoms with Gasteiger partial charge in [-0.2, -0.15) is 0 Å². The first-order chi connectivity index (χ1) is 8.56. The molecule has 0 radical (unpaired) electrons. The van der Waals surface area contributed by atoms with Crippen molar-refractivity contribution in [2.75, 3.05) is 6.54 Å². The van der Waals surface area contributed by atoms with Gasteiger partial charge < -0.3 is 0 Å². The number of carbonyl (C=O) groups is 3. The molecule has 2 rings (SSSR count). The molecule has 1 aromatic carbocycles. The molecule has 0 unspecified atom stereocenters. The summed E-state index contributed by atoms with van der Waals surface area (Å²) in [4.78, 5) is 34.2. The number of hydrogen-bond donors (Lipinski definition) is 2. The summed E-state index contributed by atoms with van der Waals surface area (Å²) in [6.45, 7) is 0.249. The quantitative estimate of drug-likeness (QED) is 0.794. The minimum absolute atomic E-state index is 0.239. The maximum atomic E-state index is 11.7. The number of imide groups is 1. The zero-order valence-corrected chi connectivity index (χ0v) is 10.0. The van der Waals surface area contributed by atoms with E-state index in [0.29, 0.717) is 10.6 Å². The van der Waals surface area contributed by atoms with Gasteiger partial charge in [-0.15, -0.1) is 0 Å². The minimum atomic E-state index is -0.652. The number of urea groups is 1. The molecule has 2 N–H and O–H groups in total. The Bertz CT molecular complexity index is 501. The Kier molecular flexibility index (Phi) is 3.47. The Morgan fingerprint density at radius 2 is 1.94 bits per heavy atom. The maximum Gasteiger partial charge on any atom is 0.343 e. The number of carbonyl (C=O) groups excluding carboxylic acids is 3. The van der Waals surface area contributed by atoms with E-state index in [1.54, 1.807) is 12.1 Å². The summed E-state index contributed by atoms with van der Waals surface area (Å²) in [5, 5.41) is 3.74. The number of nitrogens with one attached hydrogen (secondary N) is 2.